The van der Waals surface area contributed by atoms with Crippen molar-refractivity contribution in [3.8, 4) is 0 Å². The highest BCUT2D eigenvalue weighted by Crippen LogP contribution is 2.28. The van der Waals surface area contributed by atoms with Gasteiger partial charge >= 0.3 is 0 Å². The Morgan fingerprint density at radius 2 is 2.00 bits per heavy atom. The second-order valence-electron chi connectivity index (χ2n) is 3.23. The van der Waals surface area contributed by atoms with Gasteiger partial charge in [0.05, 0.1) is 6.10 Å². The molecule has 0 heterocycles. The molecule has 0 amide bonds. The van der Waals surface area contributed by atoms with Crippen molar-refractivity contribution < 1.29 is 4.74 Å². The molecule has 0 aromatic rings. The van der Waals surface area contributed by atoms with Crippen LogP contribution in [0.3, 0.4) is 0 Å². The lowest BCUT2D eigenvalue weighted by atomic mass is 9.85. The van der Waals surface area contributed by atoms with Crippen LogP contribution in [0.4, 0.5) is 0 Å². The molecule has 2 unspecified atom stereocenters. The van der Waals surface area contributed by atoms with Crippen LogP contribution in [0.2, 0.25) is 0 Å². The maximum Gasteiger partial charge on any atom is 0.0599 e. The number of ether oxygens (including phenoxy) is 1. The Hall–Kier alpha value is -0.0400. The highest BCUT2D eigenvalue weighted by Gasteiger charge is 2.22. The number of rotatable bonds is 2. The zero-order valence-electron chi connectivity index (χ0n) is 7.10. The lowest BCUT2D eigenvalue weighted by Gasteiger charge is -2.29. The summed E-state index contributed by atoms with van der Waals surface area (Å²) in [5.74, 6) is 0.846. The Morgan fingerprint density at radius 3 is 2.50 bits per heavy atom. The fraction of sp³-hybridized carbons (Fsp3) is 1.00. The number of methoxy groups -OCH3 is 1. The minimum atomic E-state index is 0.568. The summed E-state index contributed by atoms with van der Waals surface area (Å²) in [6.45, 7) is 2.27. The van der Waals surface area contributed by atoms with Gasteiger partial charge in [0.15, 0.2) is 0 Å². The molecule has 0 aliphatic heterocycles. The molecule has 10 heavy (non-hydrogen) atoms. The van der Waals surface area contributed by atoms with E-state index in [-0.39, 0.29) is 0 Å². The molecule has 2 atom stereocenters. The van der Waals surface area contributed by atoms with Crippen molar-refractivity contribution in [2.45, 2.75) is 45.1 Å². The minimum absolute atomic E-state index is 0.568. The Labute approximate surface area is 63.8 Å². The Morgan fingerprint density at radius 1 is 1.30 bits per heavy atom. The van der Waals surface area contributed by atoms with Gasteiger partial charge in [0.2, 0.25) is 0 Å². The van der Waals surface area contributed by atoms with Crippen molar-refractivity contribution in [3.05, 3.63) is 0 Å². The topological polar surface area (TPSA) is 9.23 Å². The molecule has 60 valence electrons. The van der Waals surface area contributed by atoms with Crippen LogP contribution in [0.15, 0.2) is 0 Å². The van der Waals surface area contributed by atoms with Gasteiger partial charge in [0.1, 0.15) is 0 Å². The summed E-state index contributed by atoms with van der Waals surface area (Å²) >= 11 is 0. The van der Waals surface area contributed by atoms with Gasteiger partial charge in [-0.25, -0.2) is 0 Å². The van der Waals surface area contributed by atoms with Crippen LogP contribution in [-0.4, -0.2) is 13.2 Å². The van der Waals surface area contributed by atoms with Gasteiger partial charge in [-0.1, -0.05) is 26.2 Å². The first-order valence-corrected chi connectivity index (χ1v) is 4.41. The van der Waals surface area contributed by atoms with Gasteiger partial charge in [-0.05, 0) is 18.8 Å². The summed E-state index contributed by atoms with van der Waals surface area (Å²) in [5, 5.41) is 0. The normalized spacial score (nSPS) is 34.2. The maximum atomic E-state index is 5.39. The van der Waals surface area contributed by atoms with E-state index >= 15 is 0 Å². The summed E-state index contributed by atoms with van der Waals surface area (Å²) in [6, 6.07) is 0. The molecule has 0 aromatic carbocycles. The van der Waals surface area contributed by atoms with Crippen molar-refractivity contribution in [2.24, 2.45) is 5.92 Å². The molecule has 1 aliphatic rings. The highest BCUT2D eigenvalue weighted by atomic mass is 16.5. The summed E-state index contributed by atoms with van der Waals surface area (Å²) in [6.07, 6.45) is 7.31. The van der Waals surface area contributed by atoms with E-state index in [1.165, 1.54) is 32.1 Å². The van der Waals surface area contributed by atoms with Crippen LogP contribution in [0, 0.1) is 5.92 Å². The lowest BCUT2D eigenvalue weighted by Crippen LogP contribution is -2.25. The molecule has 0 spiro atoms. The van der Waals surface area contributed by atoms with Gasteiger partial charge < -0.3 is 4.74 Å². The Balaban J connectivity index is 2.34. The van der Waals surface area contributed by atoms with Crippen molar-refractivity contribution in [1.29, 1.82) is 0 Å². The number of hydrogen-bond donors (Lipinski definition) is 0. The van der Waals surface area contributed by atoms with Crippen LogP contribution in [-0.2, 0) is 4.74 Å². The monoisotopic (exact) mass is 142 g/mol. The van der Waals surface area contributed by atoms with Crippen molar-refractivity contribution in [1.82, 2.24) is 0 Å². The van der Waals surface area contributed by atoms with E-state index in [1.54, 1.807) is 0 Å². The standard InChI is InChI=1S/C9H18O/c1-3-8-6-4-5-7-9(8)10-2/h8-9H,3-7H2,1-2H3. The smallest absolute Gasteiger partial charge is 0.0599 e. The quantitative estimate of drug-likeness (QED) is 0.576. The maximum absolute atomic E-state index is 5.39. The second-order valence-corrected chi connectivity index (χ2v) is 3.23. The molecule has 0 aromatic heterocycles. The second kappa shape index (κ2) is 3.97. The predicted octanol–water partition coefficient (Wildman–Crippen LogP) is 2.60. The van der Waals surface area contributed by atoms with E-state index in [9.17, 15) is 0 Å². The van der Waals surface area contributed by atoms with E-state index in [1.807, 2.05) is 7.11 Å². The van der Waals surface area contributed by atoms with Gasteiger partial charge in [-0.3, -0.25) is 0 Å². The summed E-state index contributed by atoms with van der Waals surface area (Å²) in [4.78, 5) is 0. The fourth-order valence-electron chi connectivity index (χ4n) is 1.95. The molecule has 1 aliphatic carbocycles. The van der Waals surface area contributed by atoms with E-state index in [0.717, 1.165) is 5.92 Å². The molecule has 0 bridgehead atoms. The van der Waals surface area contributed by atoms with Gasteiger partial charge in [-0.2, -0.15) is 0 Å². The van der Waals surface area contributed by atoms with Gasteiger partial charge in [0.25, 0.3) is 0 Å². The van der Waals surface area contributed by atoms with Crippen LogP contribution >= 0.6 is 0 Å². The largest absolute Gasteiger partial charge is 0.381 e. The van der Waals surface area contributed by atoms with Crippen molar-refractivity contribution >= 4 is 0 Å². The average Bonchev–Trinajstić information content (AvgIpc) is 2.04. The third-order valence-electron chi connectivity index (χ3n) is 2.67. The Bertz CT molecular complexity index is 78.7. The predicted molar refractivity (Wildman–Crippen MR) is 43.0 cm³/mol. The molecule has 0 N–H and O–H groups in total. The third-order valence-corrected chi connectivity index (χ3v) is 2.67. The first kappa shape index (κ1) is 8.06. The molecular formula is C9H18O. The van der Waals surface area contributed by atoms with Crippen LogP contribution in [0.25, 0.3) is 0 Å². The molecule has 0 radical (unpaired) electrons. The zero-order chi connectivity index (χ0) is 7.40. The van der Waals surface area contributed by atoms with E-state index in [4.69, 9.17) is 4.74 Å². The van der Waals surface area contributed by atoms with E-state index < -0.39 is 0 Å². The van der Waals surface area contributed by atoms with Crippen LogP contribution in [0.1, 0.15) is 39.0 Å². The zero-order valence-corrected chi connectivity index (χ0v) is 7.10. The highest BCUT2D eigenvalue weighted by molar-refractivity contribution is 4.74. The molecule has 1 rings (SSSR count). The molecule has 1 fully saturated rings. The molecule has 1 heteroatoms. The third kappa shape index (κ3) is 1.72. The molecule has 1 saturated carbocycles. The minimum Gasteiger partial charge on any atom is -0.381 e. The van der Waals surface area contributed by atoms with Crippen LogP contribution in [0.5, 0.6) is 0 Å². The molecular weight excluding hydrogens is 124 g/mol. The van der Waals surface area contributed by atoms with Crippen molar-refractivity contribution in [2.75, 3.05) is 7.11 Å². The summed E-state index contributed by atoms with van der Waals surface area (Å²) in [7, 11) is 1.85. The summed E-state index contributed by atoms with van der Waals surface area (Å²) < 4.78 is 5.39. The van der Waals surface area contributed by atoms with Gasteiger partial charge in [-0.15, -0.1) is 0 Å². The number of hydrogen-bond acceptors (Lipinski definition) is 1. The fourth-order valence-corrected chi connectivity index (χ4v) is 1.95. The first-order valence-electron chi connectivity index (χ1n) is 4.41. The average molecular weight is 142 g/mol. The SMILES string of the molecule is CCC1CCCCC1OC. The Kier molecular flexibility index (Phi) is 3.20. The molecule has 1 nitrogen and oxygen atoms in total. The van der Waals surface area contributed by atoms with E-state index in [2.05, 4.69) is 6.92 Å². The molecule has 0 saturated heterocycles. The van der Waals surface area contributed by atoms with Crippen LogP contribution < -0.4 is 0 Å². The lowest BCUT2D eigenvalue weighted by molar-refractivity contribution is 0.0223. The van der Waals surface area contributed by atoms with E-state index in [0.29, 0.717) is 6.10 Å². The summed E-state index contributed by atoms with van der Waals surface area (Å²) in [5.41, 5.74) is 0. The first-order chi connectivity index (χ1) is 4.88. The van der Waals surface area contributed by atoms with Gasteiger partial charge in [0, 0.05) is 7.11 Å². The van der Waals surface area contributed by atoms with Crippen molar-refractivity contribution in [3.63, 3.8) is 0 Å².